The second-order valence-electron chi connectivity index (χ2n) is 5.09. The highest BCUT2D eigenvalue weighted by Gasteiger charge is 2.24. The fourth-order valence-corrected chi connectivity index (χ4v) is 2.67. The molecule has 1 heterocycles. The Hall–Kier alpha value is -0.900. The largest absolute Gasteiger partial charge is 0.381 e. The molecule has 1 unspecified atom stereocenters. The molecule has 0 amide bonds. The van der Waals surface area contributed by atoms with Crippen LogP contribution in [-0.4, -0.2) is 43.8 Å². The van der Waals surface area contributed by atoms with Gasteiger partial charge in [-0.3, -0.25) is 4.90 Å². The van der Waals surface area contributed by atoms with Crippen molar-refractivity contribution in [2.75, 3.05) is 26.8 Å². The first-order chi connectivity index (χ1) is 8.81. The van der Waals surface area contributed by atoms with Crippen LogP contribution in [0.1, 0.15) is 18.4 Å². The molecule has 2 rings (SSSR count). The number of nitrogens with zero attached hydrogens (tertiary/aromatic N) is 1. The van der Waals surface area contributed by atoms with Gasteiger partial charge in [0, 0.05) is 31.8 Å². The van der Waals surface area contributed by atoms with Gasteiger partial charge in [-0.1, -0.05) is 30.3 Å². The molecular weight excluding hydrogens is 224 g/mol. The van der Waals surface area contributed by atoms with Crippen molar-refractivity contribution in [2.24, 2.45) is 5.73 Å². The third-order valence-electron chi connectivity index (χ3n) is 3.93. The summed E-state index contributed by atoms with van der Waals surface area (Å²) in [6.07, 6.45) is 3.29. The molecule has 1 aromatic rings. The minimum Gasteiger partial charge on any atom is -0.381 e. The molecule has 1 aromatic carbocycles. The first kappa shape index (κ1) is 13.5. The second-order valence-corrected chi connectivity index (χ2v) is 5.09. The van der Waals surface area contributed by atoms with Crippen LogP contribution in [0, 0.1) is 0 Å². The van der Waals surface area contributed by atoms with E-state index in [0.29, 0.717) is 18.6 Å². The van der Waals surface area contributed by atoms with Gasteiger partial charge in [-0.05, 0) is 31.9 Å². The van der Waals surface area contributed by atoms with Crippen LogP contribution >= 0.6 is 0 Å². The molecular formula is C15H24N2O. The Balaban J connectivity index is 1.94. The first-order valence-electron chi connectivity index (χ1n) is 6.85. The molecule has 100 valence electrons. The van der Waals surface area contributed by atoms with E-state index >= 15 is 0 Å². The molecule has 0 radical (unpaired) electrons. The van der Waals surface area contributed by atoms with Crippen LogP contribution in [0.15, 0.2) is 30.3 Å². The number of rotatable bonds is 5. The van der Waals surface area contributed by atoms with E-state index in [0.717, 1.165) is 32.5 Å². The number of benzene rings is 1. The average Bonchev–Trinajstić information content (AvgIpc) is 2.46. The standard InChI is InChI=1S/C15H24N2O/c1-17(14-7-9-18-10-8-14)15(12-16)11-13-5-3-2-4-6-13/h2-6,14-15H,7-12,16H2,1H3. The summed E-state index contributed by atoms with van der Waals surface area (Å²) >= 11 is 0. The van der Waals surface area contributed by atoms with Crippen LogP contribution < -0.4 is 5.73 Å². The van der Waals surface area contributed by atoms with Gasteiger partial charge in [0.25, 0.3) is 0 Å². The topological polar surface area (TPSA) is 38.5 Å². The lowest BCUT2D eigenvalue weighted by atomic mass is 10.0. The zero-order valence-corrected chi connectivity index (χ0v) is 11.2. The summed E-state index contributed by atoms with van der Waals surface area (Å²) in [7, 11) is 2.20. The SMILES string of the molecule is CN(C1CCOCC1)C(CN)Cc1ccccc1. The molecule has 1 saturated heterocycles. The molecule has 0 aliphatic carbocycles. The van der Waals surface area contributed by atoms with E-state index in [2.05, 4.69) is 42.3 Å². The van der Waals surface area contributed by atoms with Gasteiger partial charge in [0.05, 0.1) is 0 Å². The normalized spacial score (nSPS) is 19.1. The lowest BCUT2D eigenvalue weighted by molar-refractivity contribution is 0.0297. The Morgan fingerprint density at radius 2 is 1.94 bits per heavy atom. The van der Waals surface area contributed by atoms with Crippen molar-refractivity contribution in [3.05, 3.63) is 35.9 Å². The molecule has 18 heavy (non-hydrogen) atoms. The Labute approximate surface area is 110 Å². The summed E-state index contributed by atoms with van der Waals surface area (Å²) in [5.41, 5.74) is 7.32. The van der Waals surface area contributed by atoms with Gasteiger partial charge in [0.1, 0.15) is 0 Å². The number of nitrogens with two attached hydrogens (primary N) is 1. The van der Waals surface area contributed by atoms with Crippen molar-refractivity contribution < 1.29 is 4.74 Å². The molecule has 1 atom stereocenters. The zero-order chi connectivity index (χ0) is 12.8. The van der Waals surface area contributed by atoms with Crippen molar-refractivity contribution in [2.45, 2.75) is 31.3 Å². The van der Waals surface area contributed by atoms with Gasteiger partial charge in [-0.25, -0.2) is 0 Å². The summed E-state index contributed by atoms with van der Waals surface area (Å²) in [5, 5.41) is 0. The van der Waals surface area contributed by atoms with Crippen LogP contribution in [0.25, 0.3) is 0 Å². The van der Waals surface area contributed by atoms with Gasteiger partial charge in [-0.2, -0.15) is 0 Å². The summed E-state index contributed by atoms with van der Waals surface area (Å²) in [6, 6.07) is 11.7. The second kappa shape index (κ2) is 6.88. The lowest BCUT2D eigenvalue weighted by Crippen LogP contribution is -2.47. The summed E-state index contributed by atoms with van der Waals surface area (Å²) in [5.74, 6) is 0. The van der Waals surface area contributed by atoms with Crippen LogP contribution in [0.4, 0.5) is 0 Å². The van der Waals surface area contributed by atoms with Crippen molar-refractivity contribution in [3.8, 4) is 0 Å². The van der Waals surface area contributed by atoms with Crippen LogP contribution in [0.3, 0.4) is 0 Å². The van der Waals surface area contributed by atoms with E-state index < -0.39 is 0 Å². The molecule has 0 saturated carbocycles. The van der Waals surface area contributed by atoms with E-state index in [1.807, 2.05) is 0 Å². The Morgan fingerprint density at radius 3 is 2.56 bits per heavy atom. The van der Waals surface area contributed by atoms with Gasteiger partial charge in [-0.15, -0.1) is 0 Å². The molecule has 0 spiro atoms. The average molecular weight is 248 g/mol. The first-order valence-corrected chi connectivity index (χ1v) is 6.85. The maximum absolute atomic E-state index is 5.96. The molecule has 0 bridgehead atoms. The van der Waals surface area contributed by atoms with Crippen molar-refractivity contribution >= 4 is 0 Å². The van der Waals surface area contributed by atoms with Crippen molar-refractivity contribution in [1.29, 1.82) is 0 Å². The van der Waals surface area contributed by atoms with Crippen molar-refractivity contribution in [3.63, 3.8) is 0 Å². The lowest BCUT2D eigenvalue weighted by Gasteiger charge is -2.36. The minimum absolute atomic E-state index is 0.426. The molecule has 1 aliphatic heterocycles. The number of likely N-dealkylation sites (N-methyl/N-ethyl adjacent to an activating group) is 1. The monoisotopic (exact) mass is 248 g/mol. The molecule has 3 heteroatoms. The smallest absolute Gasteiger partial charge is 0.0480 e. The van der Waals surface area contributed by atoms with Crippen LogP contribution in [0.5, 0.6) is 0 Å². The minimum atomic E-state index is 0.426. The highest BCUT2D eigenvalue weighted by Crippen LogP contribution is 2.17. The van der Waals surface area contributed by atoms with Gasteiger partial charge in [0.2, 0.25) is 0 Å². The quantitative estimate of drug-likeness (QED) is 0.861. The number of hydrogen-bond acceptors (Lipinski definition) is 3. The zero-order valence-electron chi connectivity index (χ0n) is 11.2. The van der Waals surface area contributed by atoms with Crippen LogP contribution in [0.2, 0.25) is 0 Å². The molecule has 0 aromatic heterocycles. The summed E-state index contributed by atoms with van der Waals surface area (Å²) in [6.45, 7) is 2.48. The predicted molar refractivity (Wildman–Crippen MR) is 74.6 cm³/mol. The Kier molecular flexibility index (Phi) is 5.17. The van der Waals surface area contributed by atoms with E-state index in [-0.39, 0.29) is 0 Å². The Bertz CT molecular complexity index is 336. The fourth-order valence-electron chi connectivity index (χ4n) is 2.67. The third kappa shape index (κ3) is 3.55. The number of ether oxygens (including phenoxy) is 1. The number of hydrogen-bond donors (Lipinski definition) is 1. The third-order valence-corrected chi connectivity index (χ3v) is 3.93. The van der Waals surface area contributed by atoms with Crippen LogP contribution in [-0.2, 0) is 11.2 Å². The summed E-state index contributed by atoms with van der Waals surface area (Å²) in [4.78, 5) is 2.45. The highest BCUT2D eigenvalue weighted by atomic mass is 16.5. The van der Waals surface area contributed by atoms with E-state index in [9.17, 15) is 0 Å². The van der Waals surface area contributed by atoms with Gasteiger partial charge < -0.3 is 10.5 Å². The van der Waals surface area contributed by atoms with E-state index in [1.165, 1.54) is 5.56 Å². The molecule has 1 fully saturated rings. The Morgan fingerprint density at radius 1 is 1.28 bits per heavy atom. The maximum Gasteiger partial charge on any atom is 0.0480 e. The van der Waals surface area contributed by atoms with E-state index in [1.54, 1.807) is 0 Å². The van der Waals surface area contributed by atoms with Crippen molar-refractivity contribution in [1.82, 2.24) is 4.90 Å². The molecule has 1 aliphatic rings. The highest BCUT2D eigenvalue weighted by molar-refractivity contribution is 5.16. The summed E-state index contributed by atoms with van der Waals surface area (Å²) < 4.78 is 5.42. The maximum atomic E-state index is 5.96. The predicted octanol–water partition coefficient (Wildman–Crippen LogP) is 1.67. The fraction of sp³-hybridized carbons (Fsp3) is 0.600. The molecule has 3 nitrogen and oxygen atoms in total. The van der Waals surface area contributed by atoms with E-state index in [4.69, 9.17) is 10.5 Å². The van der Waals surface area contributed by atoms with Gasteiger partial charge >= 0.3 is 0 Å². The molecule has 2 N–H and O–H groups in total. The van der Waals surface area contributed by atoms with Gasteiger partial charge in [0.15, 0.2) is 0 Å².